The standard InChI is InChI=1S/C12H8O4.2C6H10O4/c13-11(14)9-3-1-7-5-10(12(15)16)4-2-8(7)6-9;2*7-3-1-9-6-4(8)2-10-5(3)6/h1-6H,(H,13,14)(H,15,16);2*3-8H,1-2H2/t;2*3-,4+,5-,6-/m.11/s1. The van der Waals surface area contributed by atoms with E-state index in [4.69, 9.17) is 49.6 Å². The summed E-state index contributed by atoms with van der Waals surface area (Å²) in [7, 11) is 0. The summed E-state index contributed by atoms with van der Waals surface area (Å²) in [6, 6.07) is 9.15. The van der Waals surface area contributed by atoms with Crippen LogP contribution in [0.4, 0.5) is 0 Å². The molecule has 4 fully saturated rings. The Morgan fingerprint density at radius 3 is 1.08 bits per heavy atom. The van der Waals surface area contributed by atoms with Crippen LogP contribution in [0.5, 0.6) is 0 Å². The molecular formula is C24H28O12. The van der Waals surface area contributed by atoms with E-state index in [0.29, 0.717) is 10.8 Å². The lowest BCUT2D eigenvalue weighted by Crippen LogP contribution is -2.30. The molecule has 4 aliphatic rings. The van der Waals surface area contributed by atoms with E-state index in [9.17, 15) is 9.59 Å². The van der Waals surface area contributed by atoms with Gasteiger partial charge in [0.15, 0.2) is 0 Å². The average molecular weight is 508 g/mol. The lowest BCUT2D eigenvalue weighted by Gasteiger charge is -2.09. The Labute approximate surface area is 205 Å². The van der Waals surface area contributed by atoms with Gasteiger partial charge in [0.25, 0.3) is 0 Å². The highest BCUT2D eigenvalue weighted by atomic mass is 16.6. The SMILES string of the molecule is O=C(O)c1ccc2cc(C(=O)O)ccc2c1.O[C@@H]1CO[C@H]2[C@@H]1OC[C@@H]2O.O[C@@H]1CO[C@H]2[C@@H]1OC[C@@H]2O. The summed E-state index contributed by atoms with van der Waals surface area (Å²) >= 11 is 0. The van der Waals surface area contributed by atoms with Crippen LogP contribution in [0.25, 0.3) is 10.8 Å². The van der Waals surface area contributed by atoms with Crippen molar-refractivity contribution in [2.24, 2.45) is 0 Å². The number of benzene rings is 2. The molecule has 0 aliphatic carbocycles. The summed E-state index contributed by atoms with van der Waals surface area (Å²) < 4.78 is 20.3. The van der Waals surface area contributed by atoms with Gasteiger partial charge < -0.3 is 49.6 Å². The summed E-state index contributed by atoms with van der Waals surface area (Å²) in [6.45, 7) is 1.14. The lowest BCUT2D eigenvalue weighted by atomic mass is 10.0. The van der Waals surface area contributed by atoms with Crippen molar-refractivity contribution >= 4 is 22.7 Å². The van der Waals surface area contributed by atoms with Gasteiger partial charge in [0.05, 0.1) is 37.6 Å². The topological polar surface area (TPSA) is 192 Å². The molecule has 0 amide bonds. The van der Waals surface area contributed by atoms with Crippen molar-refractivity contribution in [2.45, 2.75) is 48.8 Å². The van der Waals surface area contributed by atoms with Crippen LogP contribution in [-0.2, 0) is 18.9 Å². The molecule has 8 atom stereocenters. The van der Waals surface area contributed by atoms with Crippen molar-refractivity contribution in [3.8, 4) is 0 Å². The van der Waals surface area contributed by atoms with Crippen LogP contribution in [0, 0.1) is 0 Å². The summed E-state index contributed by atoms with van der Waals surface area (Å²) in [4.78, 5) is 21.5. The summed E-state index contributed by atoms with van der Waals surface area (Å²) in [5.41, 5.74) is 0.381. The monoisotopic (exact) mass is 508 g/mol. The normalized spacial score (nSPS) is 34.2. The van der Waals surface area contributed by atoms with Gasteiger partial charge in [0.2, 0.25) is 0 Å². The fourth-order valence-corrected chi connectivity index (χ4v) is 4.43. The second-order valence-electron chi connectivity index (χ2n) is 8.85. The number of rotatable bonds is 2. The molecule has 0 aromatic heterocycles. The molecule has 6 rings (SSSR count). The molecule has 196 valence electrons. The number of aliphatic hydroxyl groups excluding tert-OH is 4. The van der Waals surface area contributed by atoms with Crippen LogP contribution in [0.1, 0.15) is 20.7 Å². The highest BCUT2D eigenvalue weighted by molar-refractivity contribution is 5.97. The Morgan fingerprint density at radius 2 is 0.833 bits per heavy atom. The van der Waals surface area contributed by atoms with Crippen molar-refractivity contribution in [2.75, 3.05) is 26.4 Å². The number of carboxylic acids is 2. The number of fused-ring (bicyclic) bond motifs is 3. The minimum Gasteiger partial charge on any atom is -0.478 e. The second-order valence-corrected chi connectivity index (χ2v) is 8.85. The first-order valence-electron chi connectivity index (χ1n) is 11.3. The van der Waals surface area contributed by atoms with Crippen LogP contribution in [0.3, 0.4) is 0 Å². The summed E-state index contributed by atoms with van der Waals surface area (Å²) in [5.74, 6) is -1.99. The van der Waals surface area contributed by atoms with Gasteiger partial charge in [-0.1, -0.05) is 12.1 Å². The maximum absolute atomic E-state index is 10.7. The van der Waals surface area contributed by atoms with Gasteiger partial charge >= 0.3 is 11.9 Å². The maximum Gasteiger partial charge on any atom is 0.335 e. The van der Waals surface area contributed by atoms with Crippen molar-refractivity contribution in [1.82, 2.24) is 0 Å². The van der Waals surface area contributed by atoms with Gasteiger partial charge in [-0.15, -0.1) is 0 Å². The zero-order valence-corrected chi connectivity index (χ0v) is 19.0. The minimum absolute atomic E-state index is 0.190. The van der Waals surface area contributed by atoms with Gasteiger partial charge in [-0.05, 0) is 35.0 Å². The Kier molecular flexibility index (Phi) is 8.17. The number of hydrogen-bond donors (Lipinski definition) is 6. The first-order valence-corrected chi connectivity index (χ1v) is 11.3. The highest BCUT2D eigenvalue weighted by Crippen LogP contribution is 2.27. The fourth-order valence-electron chi connectivity index (χ4n) is 4.43. The van der Waals surface area contributed by atoms with E-state index in [-0.39, 0.29) is 62.0 Å². The van der Waals surface area contributed by atoms with E-state index < -0.39 is 36.4 Å². The van der Waals surface area contributed by atoms with E-state index >= 15 is 0 Å². The molecule has 4 aliphatic heterocycles. The van der Waals surface area contributed by atoms with Gasteiger partial charge in [0, 0.05) is 0 Å². The van der Waals surface area contributed by atoms with Gasteiger partial charge in [-0.25, -0.2) is 9.59 Å². The Morgan fingerprint density at radius 1 is 0.556 bits per heavy atom. The van der Waals surface area contributed by atoms with Crippen LogP contribution < -0.4 is 0 Å². The Balaban J connectivity index is 0.000000132. The molecule has 0 spiro atoms. The van der Waals surface area contributed by atoms with E-state index in [1.807, 2.05) is 0 Å². The molecule has 0 saturated carbocycles. The van der Waals surface area contributed by atoms with E-state index in [2.05, 4.69) is 0 Å². The van der Waals surface area contributed by atoms with E-state index in [0.717, 1.165) is 0 Å². The smallest absolute Gasteiger partial charge is 0.335 e. The quantitative estimate of drug-likeness (QED) is 0.298. The number of ether oxygens (including phenoxy) is 4. The highest BCUT2D eigenvalue weighted by Gasteiger charge is 2.47. The third-order valence-corrected chi connectivity index (χ3v) is 6.34. The third kappa shape index (κ3) is 5.66. The lowest BCUT2D eigenvalue weighted by molar-refractivity contribution is 0.00201. The third-order valence-electron chi connectivity index (χ3n) is 6.34. The molecule has 12 heteroatoms. The molecule has 36 heavy (non-hydrogen) atoms. The van der Waals surface area contributed by atoms with Crippen molar-refractivity contribution in [3.63, 3.8) is 0 Å². The maximum atomic E-state index is 10.7. The molecule has 6 N–H and O–H groups in total. The first kappa shape index (κ1) is 26.4. The van der Waals surface area contributed by atoms with Crippen LogP contribution in [-0.4, -0.2) is 118 Å². The average Bonchev–Trinajstić information content (AvgIpc) is 3.61. The van der Waals surface area contributed by atoms with Gasteiger partial charge in [-0.3, -0.25) is 0 Å². The fraction of sp³-hybridized carbons (Fsp3) is 0.500. The van der Waals surface area contributed by atoms with Gasteiger partial charge in [-0.2, -0.15) is 0 Å². The molecule has 0 bridgehead atoms. The Hall–Kier alpha value is -2.68. The molecule has 0 unspecified atom stereocenters. The molecule has 2 aromatic rings. The summed E-state index contributed by atoms with van der Waals surface area (Å²) in [6.07, 6.45) is -3.40. The summed E-state index contributed by atoms with van der Waals surface area (Å²) in [5, 5.41) is 55.6. The van der Waals surface area contributed by atoms with E-state index in [1.165, 1.54) is 24.3 Å². The number of aromatic carboxylic acids is 2. The van der Waals surface area contributed by atoms with E-state index in [1.54, 1.807) is 12.1 Å². The Bertz CT molecular complexity index is 973. The second kappa shape index (κ2) is 11.2. The largest absolute Gasteiger partial charge is 0.478 e. The predicted molar refractivity (Wildman–Crippen MR) is 121 cm³/mol. The van der Waals surface area contributed by atoms with Crippen LogP contribution >= 0.6 is 0 Å². The molecule has 2 aromatic carbocycles. The molecular weight excluding hydrogens is 480 g/mol. The van der Waals surface area contributed by atoms with Crippen LogP contribution in [0.2, 0.25) is 0 Å². The molecule has 4 saturated heterocycles. The zero-order valence-electron chi connectivity index (χ0n) is 19.0. The molecule has 4 heterocycles. The minimum atomic E-state index is -0.996. The molecule has 0 radical (unpaired) electrons. The number of carbonyl (C=O) groups is 2. The van der Waals surface area contributed by atoms with Crippen LogP contribution in [0.15, 0.2) is 36.4 Å². The first-order chi connectivity index (χ1) is 17.2. The number of hydrogen-bond acceptors (Lipinski definition) is 10. The van der Waals surface area contributed by atoms with Crippen molar-refractivity contribution in [1.29, 1.82) is 0 Å². The zero-order chi connectivity index (χ0) is 26.0. The van der Waals surface area contributed by atoms with Gasteiger partial charge in [0.1, 0.15) is 48.8 Å². The number of aliphatic hydroxyl groups is 4. The predicted octanol–water partition coefficient (Wildman–Crippen LogP) is -0.752. The number of carboxylic acid groups (broad SMARTS) is 2. The van der Waals surface area contributed by atoms with Crippen molar-refractivity contribution < 1.29 is 59.2 Å². The van der Waals surface area contributed by atoms with Crippen molar-refractivity contribution in [3.05, 3.63) is 47.5 Å². The molecule has 12 nitrogen and oxygen atoms in total.